The Morgan fingerprint density at radius 3 is 0.815 bits per heavy atom. The van der Waals surface area contributed by atoms with Crippen LogP contribution >= 0.6 is 24.1 Å². The maximum absolute atomic E-state index is 9.08. The van der Waals surface area contributed by atoms with Crippen LogP contribution in [0.1, 0.15) is 0 Å². The number of rotatable bonds is 4. The molecule has 0 saturated carbocycles. The minimum absolute atomic E-state index is 0. The maximum Gasteiger partial charge on any atom is 2.00 e. The minimum atomic E-state index is -3.92. The number of hydrogen-bond acceptors (Lipinski definition) is 20. The van der Waals surface area contributed by atoms with Gasteiger partial charge in [0.25, 0.3) is 0 Å². The normalized spacial score (nSPS) is 10.5. The molecule has 7 aromatic rings. The Hall–Kier alpha value is -0.961. The van der Waals surface area contributed by atoms with Crippen LogP contribution in [-0.2, 0) is 56.0 Å². The van der Waals surface area contributed by atoms with Gasteiger partial charge in [-0.25, -0.2) is 26.8 Å². The first-order valence-electron chi connectivity index (χ1n) is 16.5. The van der Waals surface area contributed by atoms with Crippen molar-refractivity contribution >= 4 is 88.5 Å². The third kappa shape index (κ3) is 19.0. The molecule has 0 aliphatic carbocycles. The summed E-state index contributed by atoms with van der Waals surface area (Å²) in [6.07, 6.45) is 4.37. The number of benzene rings is 4. The summed E-state index contributed by atoms with van der Waals surface area (Å²) in [4.78, 5) is 39.3. The molecule has 0 N–H and O–H groups in total. The second kappa shape index (κ2) is 30.6. The summed E-state index contributed by atoms with van der Waals surface area (Å²) in [7, 11) is -7.83. The second-order valence-corrected chi connectivity index (χ2v) is 15.4. The fraction of sp³-hybridized carbons (Fsp3) is 0.111. The van der Waals surface area contributed by atoms with Crippen LogP contribution in [0.5, 0.6) is 0 Å². The molecule has 9 rings (SSSR count). The molecular weight excluding hydrogens is 1020 g/mol. The van der Waals surface area contributed by atoms with E-state index in [2.05, 4.69) is 18.7 Å². The molecule has 4 aromatic carbocycles. The van der Waals surface area contributed by atoms with Crippen molar-refractivity contribution in [3.05, 3.63) is 97.1 Å². The Morgan fingerprint density at radius 2 is 0.646 bits per heavy atom. The summed E-state index contributed by atoms with van der Waals surface area (Å²) < 4.78 is 61.8. The van der Waals surface area contributed by atoms with Gasteiger partial charge >= 0.3 is 135 Å². The zero-order valence-corrected chi connectivity index (χ0v) is 47.9. The molecule has 2 aliphatic rings. The van der Waals surface area contributed by atoms with Gasteiger partial charge in [-0.05, 0) is 21.5 Å². The van der Waals surface area contributed by atoms with E-state index >= 15 is 0 Å². The first kappa shape index (κ1) is 64.0. The van der Waals surface area contributed by atoms with Gasteiger partial charge in [0.15, 0.2) is 0 Å². The van der Waals surface area contributed by atoms with E-state index in [1.165, 1.54) is 0 Å². The van der Waals surface area contributed by atoms with E-state index in [0.29, 0.717) is 58.4 Å². The minimum Gasteiger partial charge on any atom is -0.748 e. The monoisotopic (exact) mass is 1050 g/mol. The standard InChI is InChI=1S/C32H16N8.4CH4O3S.Cu.4Na/c1-2-10-18-17(9-1)25-33-26(18)38-28-21-13-5-6-14-22(21)30(35-28)40-32-24-16-8-7-15-23(24)31(36-32)39-29-20-12-4-3-11-19(20)27(34-29)37-25;2*1-5(2,3)4;2*1-5-4-3-2;;;;;/h1-16H;2*1H3,(H,2,3,4);2*2H,1H3;;;;;/q-2;;;;;+2;4*+1/p-4. The van der Waals surface area contributed by atoms with Gasteiger partial charge in [0, 0.05) is 94.0 Å². The van der Waals surface area contributed by atoms with Crippen molar-refractivity contribution < 1.29 is 190 Å². The van der Waals surface area contributed by atoms with E-state index in [-0.39, 0.29) is 135 Å². The van der Waals surface area contributed by atoms with Crippen LogP contribution in [-0.4, -0.2) is 80.9 Å². The predicted octanol–water partition coefficient (Wildman–Crippen LogP) is -8.56. The fourth-order valence-corrected chi connectivity index (χ4v) is 5.63. The molecule has 0 amide bonds. The van der Waals surface area contributed by atoms with Gasteiger partial charge in [0.05, 0.1) is 43.5 Å². The molecule has 29 heteroatoms. The molecule has 2 aliphatic heterocycles. The molecule has 0 fully saturated rings. The molecule has 0 atom stereocenters. The van der Waals surface area contributed by atoms with Crippen LogP contribution in [0.4, 0.5) is 0 Å². The second-order valence-electron chi connectivity index (χ2n) is 11.7. The van der Waals surface area contributed by atoms with Gasteiger partial charge in [0.2, 0.25) is 0 Å². The predicted molar refractivity (Wildman–Crippen MR) is 217 cm³/mol. The quantitative estimate of drug-likeness (QED) is 0.0520. The fourth-order valence-electron chi connectivity index (χ4n) is 5.51. The summed E-state index contributed by atoms with van der Waals surface area (Å²) in [5.41, 5.74) is 5.78. The number of aromatic nitrogens is 8. The molecule has 20 nitrogen and oxygen atoms in total. The van der Waals surface area contributed by atoms with E-state index in [0.717, 1.165) is 67.9 Å². The van der Waals surface area contributed by atoms with Gasteiger partial charge < -0.3 is 49.5 Å². The SMILES string of the molecule is CS(=O)(=O)[O-].CS(=O)(=O)[O-].CSOO[O-].CSOO[O-].[Cu+2].[Na+].[Na+].[Na+].[Na+].c1ccc2c(c1)-c1nc-2nc2[n-]c(nc3nc(nc4[n-]c(n1)c1ccccc41)-c1ccccc1-3)c1ccccc21. The van der Waals surface area contributed by atoms with Crippen molar-refractivity contribution in [3.63, 3.8) is 0 Å². The summed E-state index contributed by atoms with van der Waals surface area (Å²) in [5.74, 6) is 2.21. The number of fused-ring (bicyclic) bond motifs is 20. The molecule has 323 valence electrons. The summed E-state index contributed by atoms with van der Waals surface area (Å²) in [5, 5.41) is 27.0. The Morgan fingerprint density at radius 1 is 0.446 bits per heavy atom. The summed E-state index contributed by atoms with van der Waals surface area (Å²) in [6.45, 7) is 0. The van der Waals surface area contributed by atoms with Gasteiger partial charge in [-0.3, -0.25) is 10.1 Å². The van der Waals surface area contributed by atoms with Crippen molar-refractivity contribution in [2.24, 2.45) is 0 Å². The molecule has 0 spiro atoms. The Labute approximate surface area is 479 Å². The van der Waals surface area contributed by atoms with Crippen LogP contribution in [0.15, 0.2) is 97.1 Å². The van der Waals surface area contributed by atoms with Crippen molar-refractivity contribution in [1.29, 1.82) is 0 Å². The van der Waals surface area contributed by atoms with Crippen molar-refractivity contribution in [3.8, 4) is 45.6 Å². The molecule has 3 aromatic heterocycles. The van der Waals surface area contributed by atoms with Crippen molar-refractivity contribution in [2.75, 3.05) is 25.0 Å². The van der Waals surface area contributed by atoms with E-state index < -0.39 is 20.2 Å². The first-order chi connectivity index (χ1) is 28.6. The first-order valence-corrected chi connectivity index (χ1v) is 22.5. The molecule has 0 unspecified atom stereocenters. The van der Waals surface area contributed by atoms with Gasteiger partial charge in [0.1, 0.15) is 0 Å². The molecule has 65 heavy (non-hydrogen) atoms. The summed E-state index contributed by atoms with van der Waals surface area (Å²) in [6, 6.07) is 31.8. The molecule has 0 saturated heterocycles. The van der Waals surface area contributed by atoms with Gasteiger partial charge in [-0.1, -0.05) is 97.1 Å². The zero-order valence-electron chi connectivity index (χ0n) is 35.6. The van der Waals surface area contributed by atoms with Crippen molar-refractivity contribution in [2.45, 2.75) is 0 Å². The van der Waals surface area contributed by atoms with E-state index in [1.54, 1.807) is 12.5 Å². The van der Waals surface area contributed by atoms with Crippen LogP contribution in [0.25, 0.3) is 89.7 Å². The van der Waals surface area contributed by atoms with Gasteiger partial charge in [-0.2, -0.15) is 8.67 Å². The van der Waals surface area contributed by atoms with Crippen LogP contribution < -0.4 is 139 Å². The van der Waals surface area contributed by atoms with E-state index in [4.69, 9.17) is 76.3 Å². The molecule has 5 heterocycles. The summed E-state index contributed by atoms with van der Waals surface area (Å²) >= 11 is 1.73. The Bertz CT molecular complexity index is 2660. The van der Waals surface area contributed by atoms with Crippen LogP contribution in [0, 0.1) is 0 Å². The van der Waals surface area contributed by atoms with Crippen LogP contribution in [0.3, 0.4) is 0 Å². The Kier molecular flexibility index (Phi) is 30.2. The Balaban J connectivity index is 0.00000140. The maximum atomic E-state index is 9.08. The third-order valence-corrected chi connectivity index (χ3v) is 7.90. The van der Waals surface area contributed by atoms with Gasteiger partial charge in [-0.15, -0.1) is 0 Å². The molecular formula is C36H28CuN8Na4O12S4. The average molecular weight is 1050 g/mol. The van der Waals surface area contributed by atoms with Crippen LogP contribution in [0.2, 0.25) is 0 Å². The van der Waals surface area contributed by atoms with Crippen molar-refractivity contribution in [1.82, 2.24) is 39.9 Å². The third-order valence-electron chi connectivity index (χ3n) is 7.52. The molecule has 8 bridgehead atoms. The largest absolute Gasteiger partial charge is 2.00 e. The topological polar surface area (TPSA) is 303 Å². The number of nitrogens with zero attached hydrogens (tertiary/aromatic N) is 8. The molecule has 1 radical (unpaired) electrons. The number of hydrogen-bond donors (Lipinski definition) is 0. The smallest absolute Gasteiger partial charge is 0.748 e. The average Bonchev–Trinajstić information content (AvgIpc) is 3.94. The van der Waals surface area contributed by atoms with E-state index in [9.17, 15) is 0 Å². The zero-order chi connectivity index (χ0) is 43.5. The van der Waals surface area contributed by atoms with E-state index in [1.807, 2.05) is 97.1 Å².